The van der Waals surface area contributed by atoms with Gasteiger partial charge in [-0.25, -0.2) is 8.42 Å². The van der Waals surface area contributed by atoms with E-state index < -0.39 is 27.8 Å². The first-order valence-electron chi connectivity index (χ1n) is 8.94. The lowest BCUT2D eigenvalue weighted by atomic mass is 9.97. The first kappa shape index (κ1) is 20.8. The van der Waals surface area contributed by atoms with Crippen molar-refractivity contribution < 1.29 is 26.0 Å². The first-order chi connectivity index (χ1) is 12.9. The molecule has 2 aromatic rings. The maximum atomic E-state index is 13.1. The molecule has 0 amide bonds. The van der Waals surface area contributed by atoms with Crippen LogP contribution in [0.25, 0.3) is 0 Å². The second-order valence-electron chi connectivity index (χ2n) is 7.84. The Balaban J connectivity index is 1.93. The highest BCUT2D eigenvalue weighted by atomic mass is 32.2. The minimum absolute atomic E-state index is 0.192. The summed E-state index contributed by atoms with van der Waals surface area (Å²) in [6, 6.07) is 2.88. The number of hydrogen-bond donors (Lipinski definition) is 0. The van der Waals surface area contributed by atoms with Crippen molar-refractivity contribution in [3.8, 4) is 0 Å². The Bertz CT molecular complexity index is 931. The van der Waals surface area contributed by atoms with E-state index in [0.29, 0.717) is 18.7 Å². The van der Waals surface area contributed by atoms with Gasteiger partial charge in [-0.15, -0.1) is 10.2 Å². The molecule has 1 fully saturated rings. The number of halogens is 3. The Morgan fingerprint density at radius 3 is 2.25 bits per heavy atom. The number of hydrogen-bond acceptors (Lipinski definition) is 5. The lowest BCUT2D eigenvalue weighted by Crippen LogP contribution is -2.38. The molecule has 2 heterocycles. The van der Waals surface area contributed by atoms with Crippen LogP contribution in [0.5, 0.6) is 0 Å². The molecule has 1 saturated heterocycles. The molecule has 3 rings (SSSR count). The van der Waals surface area contributed by atoms with Gasteiger partial charge in [-0.05, 0) is 37.1 Å². The fraction of sp³-hybridized carbons (Fsp3) is 0.556. The van der Waals surface area contributed by atoms with Gasteiger partial charge in [-0.3, -0.25) is 0 Å². The van der Waals surface area contributed by atoms with E-state index in [2.05, 4.69) is 10.2 Å². The van der Waals surface area contributed by atoms with E-state index in [1.165, 1.54) is 4.31 Å². The number of aromatic nitrogens is 2. The van der Waals surface area contributed by atoms with Crippen molar-refractivity contribution in [2.24, 2.45) is 0 Å². The minimum atomic E-state index is -4.52. The van der Waals surface area contributed by atoms with E-state index in [4.69, 9.17) is 4.42 Å². The Morgan fingerprint density at radius 1 is 1.07 bits per heavy atom. The summed E-state index contributed by atoms with van der Waals surface area (Å²) in [5.74, 6) is 0.611. The van der Waals surface area contributed by atoms with Crippen LogP contribution in [0.2, 0.25) is 0 Å². The molecule has 0 spiro atoms. The van der Waals surface area contributed by atoms with Crippen molar-refractivity contribution >= 4 is 10.0 Å². The van der Waals surface area contributed by atoms with Crippen molar-refractivity contribution in [1.82, 2.24) is 14.5 Å². The van der Waals surface area contributed by atoms with Gasteiger partial charge in [0.15, 0.2) is 0 Å². The predicted molar refractivity (Wildman–Crippen MR) is 94.9 cm³/mol. The lowest BCUT2D eigenvalue weighted by Gasteiger charge is -2.32. The monoisotopic (exact) mass is 417 g/mol. The molecule has 28 heavy (non-hydrogen) atoms. The van der Waals surface area contributed by atoms with Gasteiger partial charge < -0.3 is 4.42 Å². The number of rotatable bonds is 3. The predicted octanol–water partition coefficient (Wildman–Crippen LogP) is 4.30. The average Bonchev–Trinajstić information content (AvgIpc) is 3.11. The number of nitrogens with zero attached hydrogens (tertiary/aromatic N) is 3. The maximum absolute atomic E-state index is 13.1. The highest BCUT2D eigenvalue weighted by molar-refractivity contribution is 7.89. The summed E-state index contributed by atoms with van der Waals surface area (Å²) in [5, 5.41) is 8.07. The van der Waals surface area contributed by atoms with Crippen LogP contribution in [0.15, 0.2) is 33.6 Å². The summed E-state index contributed by atoms with van der Waals surface area (Å²) in [4.78, 5) is -0.192. The quantitative estimate of drug-likeness (QED) is 0.744. The Kier molecular flexibility index (Phi) is 5.30. The number of benzene rings is 1. The number of sulfonamides is 1. The van der Waals surface area contributed by atoms with Crippen LogP contribution in [0, 0.1) is 0 Å². The zero-order valence-electron chi connectivity index (χ0n) is 15.8. The molecule has 1 atom stereocenters. The molecule has 1 unspecified atom stereocenters. The molecular formula is C18H22F3N3O3S. The number of piperidine rings is 1. The zero-order valence-corrected chi connectivity index (χ0v) is 16.6. The molecule has 1 aromatic carbocycles. The van der Waals surface area contributed by atoms with Gasteiger partial charge in [0.1, 0.15) is 6.04 Å². The van der Waals surface area contributed by atoms with Crippen LogP contribution in [0.1, 0.15) is 63.4 Å². The SMILES string of the molecule is CC(C)(C)c1nnc(C2CCCCN2S(=O)(=O)c2ccc(C(F)(F)F)cc2)o1. The first-order valence-corrected chi connectivity index (χ1v) is 10.4. The van der Waals surface area contributed by atoms with Crippen molar-refractivity contribution in [3.63, 3.8) is 0 Å². The lowest BCUT2D eigenvalue weighted by molar-refractivity contribution is -0.137. The third kappa shape index (κ3) is 4.07. The van der Waals surface area contributed by atoms with E-state index in [9.17, 15) is 21.6 Å². The summed E-state index contributed by atoms with van der Waals surface area (Å²) in [5.41, 5.74) is -1.27. The van der Waals surface area contributed by atoms with E-state index >= 15 is 0 Å². The summed E-state index contributed by atoms with van der Waals surface area (Å²) in [7, 11) is -4.01. The molecule has 1 aliphatic rings. The molecule has 0 bridgehead atoms. The largest absolute Gasteiger partial charge is 0.423 e. The maximum Gasteiger partial charge on any atom is 0.416 e. The van der Waals surface area contributed by atoms with E-state index in [1.807, 2.05) is 20.8 Å². The van der Waals surface area contributed by atoms with E-state index in [-0.39, 0.29) is 22.7 Å². The fourth-order valence-electron chi connectivity index (χ4n) is 3.06. The van der Waals surface area contributed by atoms with Crippen molar-refractivity contribution in [2.75, 3.05) is 6.54 Å². The van der Waals surface area contributed by atoms with Gasteiger partial charge in [0.05, 0.1) is 10.5 Å². The molecule has 6 nitrogen and oxygen atoms in total. The molecule has 1 aliphatic heterocycles. The summed E-state index contributed by atoms with van der Waals surface area (Å²) < 4.78 is 71.5. The molecule has 10 heteroatoms. The van der Waals surface area contributed by atoms with Crippen molar-refractivity contribution in [1.29, 1.82) is 0 Å². The Hall–Kier alpha value is -1.94. The molecular weight excluding hydrogens is 395 g/mol. The van der Waals surface area contributed by atoms with Crippen LogP contribution >= 0.6 is 0 Å². The second kappa shape index (κ2) is 7.14. The minimum Gasteiger partial charge on any atom is -0.423 e. The highest BCUT2D eigenvalue weighted by Crippen LogP contribution is 2.37. The third-order valence-electron chi connectivity index (χ3n) is 4.61. The van der Waals surface area contributed by atoms with E-state index in [1.54, 1.807) is 0 Å². The normalized spacial score (nSPS) is 19.7. The van der Waals surface area contributed by atoms with Gasteiger partial charge in [0.2, 0.25) is 21.8 Å². The molecule has 154 valence electrons. The van der Waals surface area contributed by atoms with Gasteiger partial charge in [0, 0.05) is 12.0 Å². The summed E-state index contributed by atoms with van der Waals surface area (Å²) in [6.07, 6.45) is -2.58. The molecule has 0 radical (unpaired) electrons. The molecule has 0 saturated carbocycles. The van der Waals surface area contributed by atoms with Crippen LogP contribution in [0.4, 0.5) is 13.2 Å². The molecule has 0 aliphatic carbocycles. The van der Waals surface area contributed by atoms with Crippen LogP contribution in [0.3, 0.4) is 0 Å². The van der Waals surface area contributed by atoms with Gasteiger partial charge in [-0.1, -0.05) is 27.2 Å². The fourth-order valence-corrected chi connectivity index (χ4v) is 4.71. The van der Waals surface area contributed by atoms with Crippen LogP contribution in [-0.4, -0.2) is 29.5 Å². The third-order valence-corrected chi connectivity index (χ3v) is 6.53. The second-order valence-corrected chi connectivity index (χ2v) is 9.74. The molecule has 1 aromatic heterocycles. The Morgan fingerprint density at radius 2 is 1.71 bits per heavy atom. The summed E-state index contributed by atoms with van der Waals surface area (Å²) in [6.45, 7) is 5.95. The van der Waals surface area contributed by atoms with E-state index in [0.717, 1.165) is 30.7 Å². The summed E-state index contributed by atoms with van der Waals surface area (Å²) >= 11 is 0. The van der Waals surface area contributed by atoms with Crippen molar-refractivity contribution in [2.45, 2.75) is 62.6 Å². The average molecular weight is 417 g/mol. The van der Waals surface area contributed by atoms with Crippen LogP contribution in [-0.2, 0) is 21.6 Å². The topological polar surface area (TPSA) is 76.3 Å². The standard InChI is InChI=1S/C18H22F3N3O3S/c1-17(2,3)16-23-22-15(27-16)14-6-4-5-11-24(14)28(25,26)13-9-7-12(8-10-13)18(19,20)21/h7-10,14H,4-6,11H2,1-3H3. The highest BCUT2D eigenvalue weighted by Gasteiger charge is 2.38. The van der Waals surface area contributed by atoms with Gasteiger partial charge >= 0.3 is 6.18 Å². The number of alkyl halides is 3. The smallest absolute Gasteiger partial charge is 0.416 e. The van der Waals surface area contributed by atoms with Gasteiger partial charge in [-0.2, -0.15) is 17.5 Å². The van der Waals surface area contributed by atoms with Gasteiger partial charge in [0.25, 0.3) is 0 Å². The molecule has 0 N–H and O–H groups in total. The van der Waals surface area contributed by atoms with Crippen LogP contribution < -0.4 is 0 Å². The zero-order chi connectivity index (χ0) is 20.7. The van der Waals surface area contributed by atoms with Crippen molar-refractivity contribution in [3.05, 3.63) is 41.6 Å². The Labute approximate surface area is 161 Å².